The molecule has 1 aliphatic rings. The number of hydrogen-bond donors (Lipinski definition) is 3. The molecule has 0 spiro atoms. The Balaban J connectivity index is 1.48. The predicted molar refractivity (Wildman–Crippen MR) is 136 cm³/mol. The van der Waals surface area contributed by atoms with E-state index in [9.17, 15) is 14.0 Å². The first kappa shape index (κ1) is 23.6. The van der Waals surface area contributed by atoms with Gasteiger partial charge < -0.3 is 20.9 Å². The van der Waals surface area contributed by atoms with E-state index in [1.54, 1.807) is 36.0 Å². The van der Waals surface area contributed by atoms with Gasteiger partial charge in [-0.15, -0.1) is 11.8 Å². The second kappa shape index (κ2) is 11.1. The van der Waals surface area contributed by atoms with Gasteiger partial charge in [0.2, 0.25) is 0 Å². The molecule has 34 heavy (non-hydrogen) atoms. The fraction of sp³-hybridized carbons (Fsp3) is 0.231. The minimum Gasteiger partial charge on any atom is -0.371 e. The standard InChI is InChI=1S/C26H27FN4O2S/c1-34-22-11-8-20(9-12-22)29-26(33)30-21-10-13-24(31-14-2-3-15-31)23(16-21)25(32)28-17-18-4-6-19(27)7-5-18/h4-13,16H,2-3,14-15,17H2,1H3,(H,28,32)(H2,29,30,33). The number of rotatable bonds is 7. The number of anilines is 3. The second-order valence-electron chi connectivity index (χ2n) is 8.04. The summed E-state index contributed by atoms with van der Waals surface area (Å²) in [5, 5.41) is 8.54. The van der Waals surface area contributed by atoms with Crippen LogP contribution in [-0.2, 0) is 6.54 Å². The highest BCUT2D eigenvalue weighted by Gasteiger charge is 2.20. The third kappa shape index (κ3) is 6.08. The van der Waals surface area contributed by atoms with Gasteiger partial charge in [0, 0.05) is 41.6 Å². The van der Waals surface area contributed by atoms with E-state index in [2.05, 4.69) is 20.9 Å². The first-order chi connectivity index (χ1) is 16.5. The van der Waals surface area contributed by atoms with Crippen LogP contribution in [0.15, 0.2) is 71.6 Å². The summed E-state index contributed by atoms with van der Waals surface area (Å²) >= 11 is 1.63. The lowest BCUT2D eigenvalue weighted by Gasteiger charge is -2.22. The summed E-state index contributed by atoms with van der Waals surface area (Å²) in [5.41, 5.74) is 3.34. The van der Waals surface area contributed by atoms with Crippen molar-refractivity contribution >= 4 is 40.8 Å². The smallest absolute Gasteiger partial charge is 0.323 e. The summed E-state index contributed by atoms with van der Waals surface area (Å²) in [6.45, 7) is 2.05. The summed E-state index contributed by atoms with van der Waals surface area (Å²) in [7, 11) is 0. The number of nitrogens with one attached hydrogen (secondary N) is 3. The molecule has 0 bridgehead atoms. The largest absolute Gasteiger partial charge is 0.371 e. The third-order valence-corrected chi connectivity index (χ3v) is 6.40. The lowest BCUT2D eigenvalue weighted by Crippen LogP contribution is -2.27. The number of nitrogens with zero attached hydrogens (tertiary/aromatic N) is 1. The van der Waals surface area contributed by atoms with Gasteiger partial charge in [-0.3, -0.25) is 4.79 Å². The maximum absolute atomic E-state index is 13.2. The van der Waals surface area contributed by atoms with Crippen LogP contribution in [0.5, 0.6) is 0 Å². The van der Waals surface area contributed by atoms with E-state index >= 15 is 0 Å². The molecule has 0 atom stereocenters. The van der Waals surface area contributed by atoms with E-state index in [1.807, 2.05) is 36.6 Å². The number of amides is 3. The molecule has 1 aliphatic heterocycles. The number of urea groups is 1. The number of hydrogen-bond acceptors (Lipinski definition) is 4. The fourth-order valence-electron chi connectivity index (χ4n) is 3.88. The van der Waals surface area contributed by atoms with Crippen molar-refractivity contribution in [2.75, 3.05) is 34.9 Å². The van der Waals surface area contributed by atoms with Crippen LogP contribution >= 0.6 is 11.8 Å². The van der Waals surface area contributed by atoms with Gasteiger partial charge >= 0.3 is 6.03 Å². The molecule has 1 saturated heterocycles. The number of carbonyl (C=O) groups excluding carboxylic acids is 2. The zero-order valence-electron chi connectivity index (χ0n) is 18.9. The maximum Gasteiger partial charge on any atom is 0.323 e. The molecule has 0 saturated carbocycles. The monoisotopic (exact) mass is 478 g/mol. The van der Waals surface area contributed by atoms with E-state index in [-0.39, 0.29) is 24.3 Å². The normalized spacial score (nSPS) is 12.9. The van der Waals surface area contributed by atoms with E-state index in [1.165, 1.54) is 12.1 Å². The summed E-state index contributed by atoms with van der Waals surface area (Å²) in [4.78, 5) is 28.9. The van der Waals surface area contributed by atoms with Gasteiger partial charge in [0.25, 0.3) is 5.91 Å². The molecular weight excluding hydrogens is 451 g/mol. The number of thioether (sulfide) groups is 1. The first-order valence-corrected chi connectivity index (χ1v) is 12.4. The Bertz CT molecular complexity index is 1150. The molecule has 4 rings (SSSR count). The van der Waals surface area contributed by atoms with Crippen LogP contribution in [0.1, 0.15) is 28.8 Å². The molecule has 3 N–H and O–H groups in total. The van der Waals surface area contributed by atoms with Crippen molar-refractivity contribution in [2.45, 2.75) is 24.3 Å². The van der Waals surface area contributed by atoms with Crippen LogP contribution in [-0.4, -0.2) is 31.3 Å². The van der Waals surface area contributed by atoms with Gasteiger partial charge in [-0.05, 0) is 79.3 Å². The van der Waals surface area contributed by atoms with Crippen LogP contribution in [0.4, 0.5) is 26.2 Å². The van der Waals surface area contributed by atoms with Gasteiger partial charge in [-0.1, -0.05) is 12.1 Å². The highest BCUT2D eigenvalue weighted by Crippen LogP contribution is 2.28. The van der Waals surface area contributed by atoms with Gasteiger partial charge in [-0.2, -0.15) is 0 Å². The van der Waals surface area contributed by atoms with Gasteiger partial charge in [0.15, 0.2) is 0 Å². The summed E-state index contributed by atoms with van der Waals surface area (Å²) in [6.07, 6.45) is 4.15. The molecule has 1 fully saturated rings. The van der Waals surface area contributed by atoms with Crippen molar-refractivity contribution in [1.29, 1.82) is 0 Å². The fourth-order valence-corrected chi connectivity index (χ4v) is 4.29. The van der Waals surface area contributed by atoms with Gasteiger partial charge in [-0.25, -0.2) is 9.18 Å². The van der Waals surface area contributed by atoms with Gasteiger partial charge in [0.1, 0.15) is 5.82 Å². The number of halogens is 1. The average molecular weight is 479 g/mol. The Kier molecular flexibility index (Phi) is 7.69. The van der Waals surface area contributed by atoms with Crippen LogP contribution in [0.2, 0.25) is 0 Å². The average Bonchev–Trinajstić information content (AvgIpc) is 3.39. The Morgan fingerprint density at radius 3 is 2.24 bits per heavy atom. The van der Waals surface area contributed by atoms with Crippen molar-refractivity contribution in [3.63, 3.8) is 0 Å². The van der Waals surface area contributed by atoms with E-state index in [4.69, 9.17) is 0 Å². The van der Waals surface area contributed by atoms with Crippen molar-refractivity contribution in [3.8, 4) is 0 Å². The minimum atomic E-state index is -0.386. The Morgan fingerprint density at radius 2 is 1.56 bits per heavy atom. The predicted octanol–water partition coefficient (Wildman–Crippen LogP) is 5.72. The molecule has 3 amide bonds. The molecule has 0 aromatic heterocycles. The van der Waals surface area contributed by atoms with Crippen LogP contribution < -0.4 is 20.9 Å². The molecule has 0 radical (unpaired) electrons. The van der Waals surface area contributed by atoms with Crippen LogP contribution in [0.3, 0.4) is 0 Å². The van der Waals surface area contributed by atoms with Crippen molar-refractivity contribution < 1.29 is 14.0 Å². The number of benzene rings is 3. The molecule has 6 nitrogen and oxygen atoms in total. The lowest BCUT2D eigenvalue weighted by molar-refractivity contribution is 0.0951. The van der Waals surface area contributed by atoms with Crippen LogP contribution in [0.25, 0.3) is 0 Å². The maximum atomic E-state index is 13.2. The quantitative estimate of drug-likeness (QED) is 0.380. The van der Waals surface area contributed by atoms with Crippen molar-refractivity contribution in [2.24, 2.45) is 0 Å². The first-order valence-electron chi connectivity index (χ1n) is 11.2. The molecule has 8 heteroatoms. The molecule has 3 aromatic rings. The third-order valence-electron chi connectivity index (χ3n) is 5.66. The zero-order chi connectivity index (χ0) is 23.9. The molecule has 0 aliphatic carbocycles. The Labute approximate surface area is 202 Å². The highest BCUT2D eigenvalue weighted by atomic mass is 32.2. The molecule has 0 unspecified atom stereocenters. The van der Waals surface area contributed by atoms with Gasteiger partial charge in [0.05, 0.1) is 5.56 Å². The van der Waals surface area contributed by atoms with E-state index in [0.717, 1.165) is 42.1 Å². The summed E-state index contributed by atoms with van der Waals surface area (Å²) < 4.78 is 13.2. The summed E-state index contributed by atoms with van der Waals surface area (Å²) in [5.74, 6) is -0.563. The lowest BCUT2D eigenvalue weighted by atomic mass is 10.1. The Hall–Kier alpha value is -3.52. The zero-order valence-corrected chi connectivity index (χ0v) is 19.8. The summed E-state index contributed by atoms with van der Waals surface area (Å²) in [6, 6.07) is 18.6. The second-order valence-corrected chi connectivity index (χ2v) is 8.92. The highest BCUT2D eigenvalue weighted by molar-refractivity contribution is 7.98. The molecule has 3 aromatic carbocycles. The van der Waals surface area contributed by atoms with E-state index in [0.29, 0.717) is 16.9 Å². The van der Waals surface area contributed by atoms with E-state index < -0.39 is 0 Å². The number of carbonyl (C=O) groups is 2. The topological polar surface area (TPSA) is 73.5 Å². The SMILES string of the molecule is CSc1ccc(NC(=O)Nc2ccc(N3CCCC3)c(C(=O)NCc3ccc(F)cc3)c2)cc1. The Morgan fingerprint density at radius 1 is 0.912 bits per heavy atom. The molecule has 176 valence electrons. The van der Waals surface area contributed by atoms with Crippen molar-refractivity contribution in [3.05, 3.63) is 83.7 Å². The molecule has 1 heterocycles. The van der Waals surface area contributed by atoms with Crippen LogP contribution in [0, 0.1) is 5.82 Å². The minimum absolute atomic E-state index is 0.247. The van der Waals surface area contributed by atoms with Crippen molar-refractivity contribution in [1.82, 2.24) is 5.32 Å². The molecular formula is C26H27FN4O2S.